The molecule has 0 bridgehead atoms. The van der Waals surface area contributed by atoms with Gasteiger partial charge in [-0.3, -0.25) is 9.59 Å². The van der Waals surface area contributed by atoms with Crippen LogP contribution in [-0.4, -0.2) is 47.4 Å². The summed E-state index contributed by atoms with van der Waals surface area (Å²) in [7, 11) is 0. The summed E-state index contributed by atoms with van der Waals surface area (Å²) >= 11 is 0. The predicted molar refractivity (Wildman–Crippen MR) is 273 cm³/mol. The molecule has 0 aliphatic carbocycles. The number of hydrogen-bond donors (Lipinski definition) is 3. The van der Waals surface area contributed by atoms with Gasteiger partial charge in [-0.2, -0.15) is 0 Å². The number of unbranched alkanes of at least 4 members (excludes halogenated alkanes) is 37. The van der Waals surface area contributed by atoms with Gasteiger partial charge in [-0.15, -0.1) is 0 Å². The normalized spacial score (nSPS) is 12.8. The van der Waals surface area contributed by atoms with Gasteiger partial charge in [-0.05, 0) is 77.0 Å². The van der Waals surface area contributed by atoms with Gasteiger partial charge in [0, 0.05) is 12.8 Å². The quantitative estimate of drug-likeness (QED) is 0.0321. The standard InChI is InChI=1S/C57H109NO5/c1-3-5-7-9-11-13-15-17-19-22-25-29-33-37-41-45-49-55(60)54(53-59)58-56(61)50-46-42-38-34-30-26-23-20-21-24-28-32-36-40-44-48-52-63-57(62)51-47-43-39-35-31-27-18-16-14-12-10-8-6-4-2/h16,18,20,23,54-55,59-60H,3-15,17,19,21-22,24-53H2,1-2H3,(H,58,61)/b18-16-,23-20-. The summed E-state index contributed by atoms with van der Waals surface area (Å²) in [6.45, 7) is 4.92. The second-order valence-corrected chi connectivity index (χ2v) is 19.3. The molecule has 0 fully saturated rings. The van der Waals surface area contributed by atoms with Crippen LogP contribution in [0.15, 0.2) is 24.3 Å². The number of carbonyl (C=O) groups is 2. The Labute approximate surface area is 392 Å². The summed E-state index contributed by atoms with van der Waals surface area (Å²) in [5.74, 6) is -0.0622. The molecule has 0 saturated carbocycles. The first-order valence-electron chi connectivity index (χ1n) is 28.1. The molecule has 3 N–H and O–H groups in total. The first-order chi connectivity index (χ1) is 31.0. The van der Waals surface area contributed by atoms with Gasteiger partial charge in [0.15, 0.2) is 0 Å². The van der Waals surface area contributed by atoms with Crippen molar-refractivity contribution < 1.29 is 24.5 Å². The van der Waals surface area contributed by atoms with Crippen LogP contribution in [0.5, 0.6) is 0 Å². The Balaban J connectivity index is 3.47. The number of ether oxygens (including phenoxy) is 1. The monoisotopic (exact) mass is 888 g/mol. The molecule has 0 aliphatic heterocycles. The van der Waals surface area contributed by atoms with E-state index in [4.69, 9.17) is 4.74 Å². The molecule has 0 saturated heterocycles. The minimum absolute atomic E-state index is 0.0112. The lowest BCUT2D eigenvalue weighted by atomic mass is 10.0. The second kappa shape index (κ2) is 53.0. The summed E-state index contributed by atoms with van der Waals surface area (Å²) in [6.07, 6.45) is 63.0. The maximum atomic E-state index is 12.5. The van der Waals surface area contributed by atoms with E-state index in [1.165, 1.54) is 205 Å². The molecule has 0 aromatic rings. The second-order valence-electron chi connectivity index (χ2n) is 19.3. The molecule has 6 nitrogen and oxygen atoms in total. The Hall–Kier alpha value is -1.66. The molecule has 0 heterocycles. The van der Waals surface area contributed by atoms with Crippen molar-refractivity contribution in [3.8, 4) is 0 Å². The Kier molecular flexibility index (Phi) is 51.6. The molecule has 63 heavy (non-hydrogen) atoms. The lowest BCUT2D eigenvalue weighted by Crippen LogP contribution is -2.45. The SMILES string of the molecule is CCCCCCC/C=C\CCCCCCCC(=O)OCCCCCCCCC/C=C\CCCCCCCC(=O)NC(CO)C(O)CCCCCCCCCCCCCCCCCC. The number of carbonyl (C=O) groups excluding carboxylic acids is 2. The topological polar surface area (TPSA) is 95.9 Å². The highest BCUT2D eigenvalue weighted by Crippen LogP contribution is 2.16. The average molecular weight is 889 g/mol. The molecule has 0 spiro atoms. The van der Waals surface area contributed by atoms with Crippen molar-refractivity contribution >= 4 is 11.9 Å². The van der Waals surface area contributed by atoms with Gasteiger partial charge >= 0.3 is 5.97 Å². The number of esters is 1. The van der Waals surface area contributed by atoms with E-state index in [-0.39, 0.29) is 18.5 Å². The van der Waals surface area contributed by atoms with E-state index in [0.29, 0.717) is 25.9 Å². The highest BCUT2D eigenvalue weighted by atomic mass is 16.5. The van der Waals surface area contributed by atoms with Crippen LogP contribution in [0.25, 0.3) is 0 Å². The van der Waals surface area contributed by atoms with Crippen molar-refractivity contribution in [1.29, 1.82) is 0 Å². The van der Waals surface area contributed by atoms with Crippen LogP contribution in [0.3, 0.4) is 0 Å². The van der Waals surface area contributed by atoms with Crippen molar-refractivity contribution in [2.75, 3.05) is 13.2 Å². The minimum Gasteiger partial charge on any atom is -0.466 e. The van der Waals surface area contributed by atoms with E-state index in [9.17, 15) is 19.8 Å². The predicted octanol–water partition coefficient (Wildman–Crippen LogP) is 17.1. The molecule has 0 aliphatic rings. The maximum Gasteiger partial charge on any atom is 0.305 e. The zero-order chi connectivity index (χ0) is 45.8. The third kappa shape index (κ3) is 49.6. The van der Waals surface area contributed by atoms with E-state index in [1.807, 2.05) is 0 Å². The van der Waals surface area contributed by atoms with E-state index >= 15 is 0 Å². The van der Waals surface area contributed by atoms with Crippen molar-refractivity contribution in [3.63, 3.8) is 0 Å². The van der Waals surface area contributed by atoms with Gasteiger partial charge in [0.2, 0.25) is 5.91 Å². The smallest absolute Gasteiger partial charge is 0.305 e. The number of allylic oxidation sites excluding steroid dienone is 4. The fourth-order valence-corrected chi connectivity index (χ4v) is 8.63. The molecule has 0 rings (SSSR count). The fourth-order valence-electron chi connectivity index (χ4n) is 8.63. The van der Waals surface area contributed by atoms with Gasteiger partial charge in [-0.25, -0.2) is 0 Å². The van der Waals surface area contributed by atoms with Crippen LogP contribution < -0.4 is 5.32 Å². The lowest BCUT2D eigenvalue weighted by molar-refractivity contribution is -0.143. The maximum absolute atomic E-state index is 12.5. The average Bonchev–Trinajstić information content (AvgIpc) is 3.28. The third-order valence-electron chi connectivity index (χ3n) is 13.0. The molecule has 0 radical (unpaired) electrons. The number of rotatable bonds is 52. The van der Waals surface area contributed by atoms with Gasteiger partial charge in [0.05, 0.1) is 25.4 Å². The molecule has 2 unspecified atom stereocenters. The van der Waals surface area contributed by atoms with E-state index in [0.717, 1.165) is 64.2 Å². The van der Waals surface area contributed by atoms with Crippen molar-refractivity contribution in [2.24, 2.45) is 0 Å². The van der Waals surface area contributed by atoms with Crippen LogP contribution in [0.1, 0.15) is 303 Å². The van der Waals surface area contributed by atoms with Crippen molar-refractivity contribution in [1.82, 2.24) is 5.32 Å². The molecular weight excluding hydrogens is 779 g/mol. The molecule has 0 aromatic heterocycles. The number of hydrogen-bond acceptors (Lipinski definition) is 5. The summed E-state index contributed by atoms with van der Waals surface area (Å²) in [5, 5.41) is 23.3. The fraction of sp³-hybridized carbons (Fsp3) is 0.895. The van der Waals surface area contributed by atoms with Crippen LogP contribution in [-0.2, 0) is 14.3 Å². The van der Waals surface area contributed by atoms with Crippen molar-refractivity contribution in [3.05, 3.63) is 24.3 Å². The summed E-state index contributed by atoms with van der Waals surface area (Å²) in [5.41, 5.74) is 0. The highest BCUT2D eigenvalue weighted by Gasteiger charge is 2.20. The zero-order valence-electron chi connectivity index (χ0n) is 42.3. The summed E-state index contributed by atoms with van der Waals surface area (Å²) in [4.78, 5) is 24.5. The number of aliphatic hydroxyl groups excluding tert-OH is 2. The largest absolute Gasteiger partial charge is 0.466 e. The molecule has 6 heteroatoms. The number of aliphatic hydroxyl groups is 2. The molecular formula is C57H109NO5. The molecule has 0 aromatic carbocycles. The lowest BCUT2D eigenvalue weighted by Gasteiger charge is -2.22. The molecule has 1 amide bonds. The van der Waals surface area contributed by atoms with E-state index < -0.39 is 12.1 Å². The van der Waals surface area contributed by atoms with Gasteiger partial charge < -0.3 is 20.3 Å². The Morgan fingerprint density at radius 1 is 0.429 bits per heavy atom. The van der Waals surface area contributed by atoms with Gasteiger partial charge in [-0.1, -0.05) is 237 Å². The summed E-state index contributed by atoms with van der Waals surface area (Å²) < 4.78 is 5.46. The van der Waals surface area contributed by atoms with Gasteiger partial charge in [0.25, 0.3) is 0 Å². The first-order valence-corrected chi connectivity index (χ1v) is 28.1. The Morgan fingerprint density at radius 2 is 0.746 bits per heavy atom. The van der Waals surface area contributed by atoms with E-state index in [2.05, 4.69) is 43.5 Å². The Morgan fingerprint density at radius 3 is 1.13 bits per heavy atom. The third-order valence-corrected chi connectivity index (χ3v) is 13.0. The molecule has 372 valence electrons. The van der Waals surface area contributed by atoms with Gasteiger partial charge in [0.1, 0.15) is 0 Å². The summed E-state index contributed by atoms with van der Waals surface area (Å²) in [6, 6.07) is -0.553. The van der Waals surface area contributed by atoms with Crippen LogP contribution in [0, 0.1) is 0 Å². The highest BCUT2D eigenvalue weighted by molar-refractivity contribution is 5.76. The molecule has 2 atom stereocenters. The van der Waals surface area contributed by atoms with Crippen LogP contribution in [0.4, 0.5) is 0 Å². The van der Waals surface area contributed by atoms with Crippen molar-refractivity contribution in [2.45, 2.75) is 315 Å². The minimum atomic E-state index is -0.675. The number of amides is 1. The Bertz CT molecular complexity index is 982. The van der Waals surface area contributed by atoms with Crippen LogP contribution >= 0.6 is 0 Å². The first kappa shape index (κ1) is 61.3. The van der Waals surface area contributed by atoms with Crippen LogP contribution in [0.2, 0.25) is 0 Å². The zero-order valence-corrected chi connectivity index (χ0v) is 42.3. The van der Waals surface area contributed by atoms with E-state index in [1.54, 1.807) is 0 Å². The number of nitrogens with one attached hydrogen (secondary N) is 1.